The molecule has 0 saturated carbocycles. The van der Waals surface area contributed by atoms with Gasteiger partial charge in [-0.3, -0.25) is 0 Å². The summed E-state index contributed by atoms with van der Waals surface area (Å²) in [4.78, 5) is 0. The van der Waals surface area contributed by atoms with Crippen molar-refractivity contribution in [2.45, 2.75) is 31.9 Å². The normalized spacial score (nSPS) is 19.4. The van der Waals surface area contributed by atoms with Gasteiger partial charge in [-0.15, -0.1) is 0 Å². The maximum absolute atomic E-state index is 8.84. The fraction of sp³-hybridized carbons (Fsp3) is 0.615. The molecular formula is C13H19N3O. The molecular weight excluding hydrogens is 214 g/mol. The molecule has 0 aromatic carbocycles. The van der Waals surface area contributed by atoms with Crippen LogP contribution >= 0.6 is 0 Å². The monoisotopic (exact) mass is 233 g/mol. The fourth-order valence-electron chi connectivity index (χ4n) is 2.21. The fourth-order valence-corrected chi connectivity index (χ4v) is 2.21. The van der Waals surface area contributed by atoms with Crippen LogP contribution in [0.4, 0.5) is 0 Å². The van der Waals surface area contributed by atoms with Gasteiger partial charge in [-0.05, 0) is 37.4 Å². The van der Waals surface area contributed by atoms with Crippen molar-refractivity contribution in [3.63, 3.8) is 0 Å². The van der Waals surface area contributed by atoms with Crippen LogP contribution in [0.1, 0.15) is 30.5 Å². The third-order valence-corrected chi connectivity index (χ3v) is 3.17. The average molecular weight is 233 g/mol. The zero-order valence-electron chi connectivity index (χ0n) is 10.3. The Bertz CT molecular complexity index is 399. The minimum Gasteiger partial charge on any atom is -0.378 e. The second-order valence-electron chi connectivity index (χ2n) is 4.56. The van der Waals surface area contributed by atoms with E-state index < -0.39 is 0 Å². The second kappa shape index (κ2) is 5.85. The van der Waals surface area contributed by atoms with E-state index in [1.165, 1.54) is 12.8 Å². The lowest BCUT2D eigenvalue weighted by atomic mass is 10.2. The Morgan fingerprint density at radius 1 is 1.65 bits per heavy atom. The summed E-state index contributed by atoms with van der Waals surface area (Å²) < 4.78 is 7.42. The van der Waals surface area contributed by atoms with Crippen LogP contribution in [0.3, 0.4) is 0 Å². The van der Waals surface area contributed by atoms with E-state index in [1.807, 2.05) is 23.9 Å². The van der Waals surface area contributed by atoms with Crippen LogP contribution in [0.2, 0.25) is 0 Å². The molecule has 92 valence electrons. The van der Waals surface area contributed by atoms with Crippen LogP contribution < -0.4 is 5.32 Å². The summed E-state index contributed by atoms with van der Waals surface area (Å²) >= 11 is 0. The van der Waals surface area contributed by atoms with Gasteiger partial charge < -0.3 is 14.6 Å². The molecule has 1 unspecified atom stereocenters. The van der Waals surface area contributed by atoms with Gasteiger partial charge in [0.25, 0.3) is 0 Å². The third kappa shape index (κ3) is 3.32. The molecule has 1 atom stereocenters. The Labute approximate surface area is 102 Å². The highest BCUT2D eigenvalue weighted by Gasteiger charge is 2.14. The average Bonchev–Trinajstić information content (AvgIpc) is 2.94. The van der Waals surface area contributed by atoms with Gasteiger partial charge >= 0.3 is 0 Å². The lowest BCUT2D eigenvalue weighted by Crippen LogP contribution is -2.19. The summed E-state index contributed by atoms with van der Waals surface area (Å²) in [6.45, 7) is 2.72. The number of rotatable bonds is 5. The summed E-state index contributed by atoms with van der Waals surface area (Å²) in [6.07, 6.45) is 5.93. The van der Waals surface area contributed by atoms with E-state index in [4.69, 9.17) is 10.00 Å². The lowest BCUT2D eigenvalue weighted by molar-refractivity contribution is 0.104. The minimum absolute atomic E-state index is 0.452. The number of nitrogens with one attached hydrogen (secondary N) is 1. The predicted molar refractivity (Wildman–Crippen MR) is 65.4 cm³/mol. The quantitative estimate of drug-likeness (QED) is 0.785. The van der Waals surface area contributed by atoms with Gasteiger partial charge in [-0.25, -0.2) is 0 Å². The van der Waals surface area contributed by atoms with Crippen LogP contribution in [0, 0.1) is 11.3 Å². The number of hydrogen-bond acceptors (Lipinski definition) is 3. The number of nitriles is 1. The molecule has 1 fully saturated rings. The molecule has 1 aliphatic rings. The van der Waals surface area contributed by atoms with E-state index in [0.29, 0.717) is 11.8 Å². The number of aryl methyl sites for hydroxylation is 1. The number of hydrogen-bond donors (Lipinski definition) is 1. The summed E-state index contributed by atoms with van der Waals surface area (Å²) in [5, 5.41) is 12.2. The van der Waals surface area contributed by atoms with Crippen LogP contribution in [-0.4, -0.2) is 23.8 Å². The molecule has 0 spiro atoms. The number of nitrogens with zero attached hydrogens (tertiary/aromatic N) is 2. The first-order chi connectivity index (χ1) is 8.29. The van der Waals surface area contributed by atoms with Gasteiger partial charge in [-0.2, -0.15) is 5.26 Å². The molecule has 4 nitrogen and oxygen atoms in total. The molecule has 1 aliphatic heterocycles. The highest BCUT2D eigenvalue weighted by atomic mass is 16.5. The van der Waals surface area contributed by atoms with E-state index in [2.05, 4.69) is 11.4 Å². The zero-order chi connectivity index (χ0) is 12.1. The van der Waals surface area contributed by atoms with Crippen molar-refractivity contribution in [2.24, 2.45) is 7.05 Å². The minimum atomic E-state index is 0.452. The van der Waals surface area contributed by atoms with Gasteiger partial charge in [-0.1, -0.05) is 0 Å². The highest BCUT2D eigenvalue weighted by molar-refractivity contribution is 5.28. The van der Waals surface area contributed by atoms with Crippen LogP contribution in [0.15, 0.2) is 12.3 Å². The molecule has 2 heterocycles. The van der Waals surface area contributed by atoms with Gasteiger partial charge in [0.2, 0.25) is 0 Å². The van der Waals surface area contributed by atoms with Crippen molar-refractivity contribution in [3.8, 4) is 6.07 Å². The smallest absolute Gasteiger partial charge is 0.120 e. The Balaban J connectivity index is 1.69. The summed E-state index contributed by atoms with van der Waals surface area (Å²) in [7, 11) is 1.90. The van der Waals surface area contributed by atoms with E-state index in [-0.39, 0.29) is 0 Å². The van der Waals surface area contributed by atoms with Crippen molar-refractivity contribution < 1.29 is 4.74 Å². The standard InChI is InChI=1S/C13H19N3O/c1-16-10-11(7-12(16)8-14)9-15-5-4-13-3-2-6-17-13/h7,10,13,15H,2-6,9H2,1H3. The Kier molecular flexibility index (Phi) is 4.18. The van der Waals surface area contributed by atoms with Crippen molar-refractivity contribution in [2.75, 3.05) is 13.2 Å². The SMILES string of the molecule is Cn1cc(CNCCC2CCCO2)cc1C#N. The first kappa shape index (κ1) is 12.2. The van der Waals surface area contributed by atoms with Gasteiger partial charge in [0, 0.05) is 26.4 Å². The summed E-state index contributed by atoms with van der Waals surface area (Å²) in [5.41, 5.74) is 1.87. The highest BCUT2D eigenvalue weighted by Crippen LogP contribution is 2.14. The third-order valence-electron chi connectivity index (χ3n) is 3.17. The summed E-state index contributed by atoms with van der Waals surface area (Å²) in [5.74, 6) is 0. The topological polar surface area (TPSA) is 50.0 Å². The van der Waals surface area contributed by atoms with Crippen molar-refractivity contribution in [1.29, 1.82) is 5.26 Å². The number of ether oxygens (including phenoxy) is 1. The Hall–Kier alpha value is -1.31. The zero-order valence-corrected chi connectivity index (χ0v) is 10.3. The molecule has 1 saturated heterocycles. The van der Waals surface area contributed by atoms with Crippen molar-refractivity contribution in [1.82, 2.24) is 9.88 Å². The molecule has 0 radical (unpaired) electrons. The van der Waals surface area contributed by atoms with E-state index in [0.717, 1.165) is 31.7 Å². The molecule has 0 amide bonds. The first-order valence-electron chi connectivity index (χ1n) is 6.17. The van der Waals surface area contributed by atoms with Crippen molar-refractivity contribution >= 4 is 0 Å². The summed E-state index contributed by atoms with van der Waals surface area (Å²) in [6, 6.07) is 4.10. The molecule has 1 aromatic rings. The Morgan fingerprint density at radius 3 is 3.18 bits per heavy atom. The lowest BCUT2D eigenvalue weighted by Gasteiger charge is -2.09. The largest absolute Gasteiger partial charge is 0.378 e. The second-order valence-corrected chi connectivity index (χ2v) is 4.56. The molecule has 2 rings (SSSR count). The van der Waals surface area contributed by atoms with Crippen LogP contribution in [-0.2, 0) is 18.3 Å². The van der Waals surface area contributed by atoms with Crippen molar-refractivity contribution in [3.05, 3.63) is 23.5 Å². The van der Waals surface area contributed by atoms with E-state index in [1.54, 1.807) is 0 Å². The van der Waals surface area contributed by atoms with Gasteiger partial charge in [0.15, 0.2) is 0 Å². The molecule has 1 N–H and O–H groups in total. The molecule has 0 bridgehead atoms. The molecule has 17 heavy (non-hydrogen) atoms. The van der Waals surface area contributed by atoms with Gasteiger partial charge in [0.05, 0.1) is 6.10 Å². The molecule has 1 aromatic heterocycles. The maximum atomic E-state index is 8.84. The Morgan fingerprint density at radius 2 is 2.53 bits per heavy atom. The predicted octanol–water partition coefficient (Wildman–Crippen LogP) is 1.56. The van der Waals surface area contributed by atoms with Crippen LogP contribution in [0.5, 0.6) is 0 Å². The molecule has 4 heteroatoms. The van der Waals surface area contributed by atoms with E-state index in [9.17, 15) is 0 Å². The first-order valence-corrected chi connectivity index (χ1v) is 6.17. The number of aromatic nitrogens is 1. The van der Waals surface area contributed by atoms with Gasteiger partial charge in [0.1, 0.15) is 11.8 Å². The maximum Gasteiger partial charge on any atom is 0.120 e. The molecule has 0 aliphatic carbocycles. The van der Waals surface area contributed by atoms with Crippen LogP contribution in [0.25, 0.3) is 0 Å². The van der Waals surface area contributed by atoms with E-state index >= 15 is 0 Å².